The molecule has 6 heteroatoms. The van der Waals surface area contributed by atoms with Gasteiger partial charge in [-0.1, -0.05) is 23.8 Å². The third kappa shape index (κ3) is 4.43. The topological polar surface area (TPSA) is 53.8 Å². The van der Waals surface area contributed by atoms with Crippen molar-refractivity contribution in [3.8, 4) is 0 Å². The number of rotatable bonds is 5. The summed E-state index contributed by atoms with van der Waals surface area (Å²) in [5, 5.41) is 1.91. The van der Waals surface area contributed by atoms with Gasteiger partial charge in [0.2, 0.25) is 5.91 Å². The third-order valence-electron chi connectivity index (χ3n) is 5.37. The molecule has 29 heavy (non-hydrogen) atoms. The molecule has 5 nitrogen and oxygen atoms in total. The summed E-state index contributed by atoms with van der Waals surface area (Å²) in [5.74, 6) is 0.813. The van der Waals surface area contributed by atoms with Gasteiger partial charge in [0.15, 0.2) is 0 Å². The first kappa shape index (κ1) is 19.5. The van der Waals surface area contributed by atoms with Crippen LogP contribution in [0, 0.1) is 12.8 Å². The van der Waals surface area contributed by atoms with Crippen LogP contribution in [0.25, 0.3) is 0 Å². The Bertz CT molecular complexity index is 941. The van der Waals surface area contributed by atoms with E-state index in [-0.39, 0.29) is 17.7 Å². The van der Waals surface area contributed by atoms with E-state index in [4.69, 9.17) is 4.42 Å². The van der Waals surface area contributed by atoms with E-state index in [2.05, 4.69) is 0 Å². The van der Waals surface area contributed by atoms with Gasteiger partial charge in [0, 0.05) is 24.7 Å². The molecule has 0 saturated carbocycles. The van der Waals surface area contributed by atoms with Crippen molar-refractivity contribution in [3.05, 3.63) is 76.4 Å². The van der Waals surface area contributed by atoms with Crippen LogP contribution >= 0.6 is 11.3 Å². The molecule has 3 heterocycles. The maximum atomic E-state index is 13.4. The lowest BCUT2D eigenvalue weighted by Gasteiger charge is -2.34. The summed E-state index contributed by atoms with van der Waals surface area (Å²) in [6.45, 7) is 3.65. The van der Waals surface area contributed by atoms with Crippen LogP contribution in [0.4, 0.5) is 5.69 Å². The molecule has 1 aromatic carbocycles. The fourth-order valence-electron chi connectivity index (χ4n) is 3.69. The molecule has 0 bridgehead atoms. The highest BCUT2D eigenvalue weighted by molar-refractivity contribution is 7.12. The maximum Gasteiger partial charge on any atom is 0.263 e. The van der Waals surface area contributed by atoms with Gasteiger partial charge in [-0.05, 0) is 55.5 Å². The van der Waals surface area contributed by atoms with E-state index in [1.54, 1.807) is 11.2 Å². The lowest BCUT2D eigenvalue weighted by atomic mass is 9.94. The average Bonchev–Trinajstić information content (AvgIpc) is 3.46. The standard InChI is InChI=1S/C23H24N2O3S/c1-17-6-8-19(9-7-17)25(16-20-4-2-14-28-20)22(26)18-10-12-24(13-11-18)23(27)21-5-3-15-29-21/h2-9,14-15,18H,10-13,16H2,1H3. The molecule has 0 atom stereocenters. The van der Waals surface area contributed by atoms with Crippen LogP contribution in [0.2, 0.25) is 0 Å². The number of hydrogen-bond donors (Lipinski definition) is 0. The number of amides is 2. The zero-order valence-corrected chi connectivity index (χ0v) is 17.2. The molecule has 1 fully saturated rings. The monoisotopic (exact) mass is 408 g/mol. The van der Waals surface area contributed by atoms with E-state index in [1.165, 1.54) is 11.3 Å². The van der Waals surface area contributed by atoms with Gasteiger partial charge in [-0.25, -0.2) is 0 Å². The van der Waals surface area contributed by atoms with Crippen LogP contribution in [-0.4, -0.2) is 29.8 Å². The first-order valence-corrected chi connectivity index (χ1v) is 10.7. The molecule has 0 N–H and O–H groups in total. The lowest BCUT2D eigenvalue weighted by molar-refractivity contribution is -0.123. The summed E-state index contributed by atoms with van der Waals surface area (Å²) >= 11 is 1.46. The normalized spacial score (nSPS) is 14.7. The van der Waals surface area contributed by atoms with Crippen molar-refractivity contribution >= 4 is 28.8 Å². The molecule has 1 aliphatic heterocycles. The number of carbonyl (C=O) groups is 2. The molecule has 0 radical (unpaired) electrons. The Morgan fingerprint density at radius 2 is 1.86 bits per heavy atom. The van der Waals surface area contributed by atoms with E-state index < -0.39 is 0 Å². The zero-order valence-electron chi connectivity index (χ0n) is 16.4. The average molecular weight is 409 g/mol. The molecular formula is C23H24N2O3S. The molecule has 1 saturated heterocycles. The van der Waals surface area contributed by atoms with E-state index in [0.29, 0.717) is 32.5 Å². The van der Waals surface area contributed by atoms with E-state index in [9.17, 15) is 9.59 Å². The number of benzene rings is 1. The molecule has 4 rings (SSSR count). The molecule has 150 valence electrons. The van der Waals surface area contributed by atoms with Gasteiger partial charge < -0.3 is 14.2 Å². The Labute approximate surface area is 174 Å². The van der Waals surface area contributed by atoms with Gasteiger partial charge in [0.05, 0.1) is 17.7 Å². The Kier molecular flexibility index (Phi) is 5.81. The maximum absolute atomic E-state index is 13.4. The lowest BCUT2D eigenvalue weighted by Crippen LogP contribution is -2.44. The number of hydrogen-bond acceptors (Lipinski definition) is 4. The Hall–Kier alpha value is -2.86. The highest BCUT2D eigenvalue weighted by atomic mass is 32.1. The van der Waals surface area contributed by atoms with Crippen LogP contribution in [0.3, 0.4) is 0 Å². The Morgan fingerprint density at radius 1 is 1.10 bits per heavy atom. The Morgan fingerprint density at radius 3 is 2.48 bits per heavy atom. The first-order chi connectivity index (χ1) is 14.1. The smallest absolute Gasteiger partial charge is 0.263 e. The quantitative estimate of drug-likeness (QED) is 0.613. The van der Waals surface area contributed by atoms with Gasteiger partial charge in [0.25, 0.3) is 5.91 Å². The number of furan rings is 1. The minimum absolute atomic E-state index is 0.0666. The van der Waals surface area contributed by atoms with Gasteiger partial charge in [-0.2, -0.15) is 0 Å². The fraction of sp³-hybridized carbons (Fsp3) is 0.304. The van der Waals surface area contributed by atoms with E-state index in [0.717, 1.165) is 21.9 Å². The SMILES string of the molecule is Cc1ccc(N(Cc2ccco2)C(=O)C2CCN(C(=O)c3cccs3)CC2)cc1. The molecule has 1 aliphatic rings. The summed E-state index contributed by atoms with van der Waals surface area (Å²) in [6, 6.07) is 15.4. The predicted molar refractivity (Wildman–Crippen MR) is 114 cm³/mol. The number of anilines is 1. The number of aryl methyl sites for hydroxylation is 1. The second-order valence-corrected chi connectivity index (χ2v) is 8.33. The van der Waals surface area contributed by atoms with Crippen molar-refractivity contribution in [3.63, 3.8) is 0 Å². The summed E-state index contributed by atoms with van der Waals surface area (Å²) in [4.78, 5) is 30.4. The van der Waals surface area contributed by atoms with Crippen molar-refractivity contribution < 1.29 is 14.0 Å². The van der Waals surface area contributed by atoms with Gasteiger partial charge in [-0.15, -0.1) is 11.3 Å². The highest BCUT2D eigenvalue weighted by Crippen LogP contribution is 2.27. The molecule has 0 unspecified atom stereocenters. The van der Waals surface area contributed by atoms with Crippen LogP contribution in [-0.2, 0) is 11.3 Å². The zero-order chi connectivity index (χ0) is 20.2. The second-order valence-electron chi connectivity index (χ2n) is 7.38. The number of likely N-dealkylation sites (tertiary alicyclic amines) is 1. The van der Waals surface area contributed by atoms with Gasteiger partial charge in [-0.3, -0.25) is 9.59 Å². The minimum atomic E-state index is -0.0985. The van der Waals surface area contributed by atoms with Crippen molar-refractivity contribution in [1.82, 2.24) is 4.90 Å². The largest absolute Gasteiger partial charge is 0.467 e. The molecule has 2 amide bonds. The summed E-state index contributed by atoms with van der Waals surface area (Å²) in [6.07, 6.45) is 2.98. The Balaban J connectivity index is 1.46. The van der Waals surface area contributed by atoms with Crippen LogP contribution in [0.5, 0.6) is 0 Å². The molecule has 0 aliphatic carbocycles. The number of nitrogens with zero attached hydrogens (tertiary/aromatic N) is 2. The molecule has 2 aromatic heterocycles. The minimum Gasteiger partial charge on any atom is -0.467 e. The fourth-order valence-corrected chi connectivity index (χ4v) is 4.38. The summed E-state index contributed by atoms with van der Waals surface area (Å²) in [7, 11) is 0. The van der Waals surface area contributed by atoms with E-state index >= 15 is 0 Å². The summed E-state index contributed by atoms with van der Waals surface area (Å²) in [5.41, 5.74) is 2.02. The van der Waals surface area contributed by atoms with Crippen LogP contribution in [0.15, 0.2) is 64.6 Å². The third-order valence-corrected chi connectivity index (χ3v) is 6.23. The predicted octanol–water partition coefficient (Wildman–Crippen LogP) is 4.74. The van der Waals surface area contributed by atoms with Crippen LogP contribution in [0.1, 0.15) is 33.8 Å². The molecule has 0 spiro atoms. The van der Waals surface area contributed by atoms with E-state index in [1.807, 2.05) is 65.7 Å². The number of piperidine rings is 1. The van der Waals surface area contributed by atoms with Crippen molar-refractivity contribution in [1.29, 1.82) is 0 Å². The molecular weight excluding hydrogens is 384 g/mol. The number of thiophene rings is 1. The second kappa shape index (κ2) is 8.66. The van der Waals surface area contributed by atoms with Gasteiger partial charge >= 0.3 is 0 Å². The highest BCUT2D eigenvalue weighted by Gasteiger charge is 2.31. The summed E-state index contributed by atoms with van der Waals surface area (Å²) < 4.78 is 5.49. The number of carbonyl (C=O) groups excluding carboxylic acids is 2. The van der Waals surface area contributed by atoms with Crippen molar-refractivity contribution in [2.45, 2.75) is 26.3 Å². The van der Waals surface area contributed by atoms with Gasteiger partial charge in [0.1, 0.15) is 5.76 Å². The first-order valence-electron chi connectivity index (χ1n) is 9.85. The van der Waals surface area contributed by atoms with Crippen LogP contribution < -0.4 is 4.90 Å². The van der Waals surface area contributed by atoms with Crippen molar-refractivity contribution in [2.75, 3.05) is 18.0 Å². The molecule has 3 aromatic rings. The van der Waals surface area contributed by atoms with Crippen molar-refractivity contribution in [2.24, 2.45) is 5.92 Å².